The maximum atomic E-state index is 14.2. The molecule has 4 heterocycles. The van der Waals surface area contributed by atoms with Crippen molar-refractivity contribution in [3.8, 4) is 0 Å². The zero-order valence-corrected chi connectivity index (χ0v) is 28.7. The highest BCUT2D eigenvalue weighted by atomic mass is 32.1. The maximum absolute atomic E-state index is 14.2. The van der Waals surface area contributed by atoms with Crippen LogP contribution in [0.5, 0.6) is 0 Å². The minimum Gasteiger partial charge on any atom is -0.462 e. The molecule has 1 aliphatic rings. The maximum Gasteiger partial charge on any atom is 0.348 e. The predicted molar refractivity (Wildman–Crippen MR) is 183 cm³/mol. The number of benzene rings is 1. The van der Waals surface area contributed by atoms with Crippen molar-refractivity contribution in [2.24, 2.45) is 11.8 Å². The third kappa shape index (κ3) is 7.12. The Labute approximate surface area is 270 Å². The highest BCUT2D eigenvalue weighted by Crippen LogP contribution is 2.30. The van der Waals surface area contributed by atoms with E-state index in [1.807, 2.05) is 23.1 Å². The first kappa shape index (κ1) is 33.1. The topological polar surface area (TPSA) is 89.2 Å². The van der Waals surface area contributed by atoms with Crippen LogP contribution in [-0.4, -0.2) is 75.0 Å². The number of esters is 1. The largest absolute Gasteiger partial charge is 0.462 e. The van der Waals surface area contributed by atoms with Gasteiger partial charge < -0.3 is 19.1 Å². The summed E-state index contributed by atoms with van der Waals surface area (Å²) in [5.74, 6) is 1.15. The summed E-state index contributed by atoms with van der Waals surface area (Å²) in [6.07, 6.45) is 6.57. The van der Waals surface area contributed by atoms with Gasteiger partial charge in [-0.2, -0.15) is 0 Å². The molecule has 5 rings (SSSR count). The van der Waals surface area contributed by atoms with Gasteiger partial charge in [-0.15, -0.1) is 11.3 Å². The standard InChI is InChI=1S/C35H49N5O4S/c1-7-44-34(43)30-25(6)29-31(45-30)36-35-39(19-11-18-37-16-9-8-10-17-37)28-22-26(12-13-27(28)40(35)33(29)42)32(41)38(20-14-23(2)3)21-15-24(4)5/h12-13,22-24H,7-11,14-21H2,1-6H3. The SMILES string of the molecule is CCOC(=O)c1sc2nc3n(CCCN4CCCCC4)c4cc(C(=O)N(CCC(C)C)CCC(C)C)ccc4n3c(=O)c2c1C. The summed E-state index contributed by atoms with van der Waals surface area (Å²) in [4.78, 5) is 51.3. The second-order valence-electron chi connectivity index (χ2n) is 13.3. The van der Waals surface area contributed by atoms with Gasteiger partial charge in [0.05, 0.1) is 23.0 Å². The first-order valence-electron chi connectivity index (χ1n) is 16.8. The van der Waals surface area contributed by atoms with Crippen LogP contribution in [0, 0.1) is 18.8 Å². The van der Waals surface area contributed by atoms with E-state index in [4.69, 9.17) is 9.72 Å². The van der Waals surface area contributed by atoms with E-state index in [0.29, 0.717) is 50.4 Å². The van der Waals surface area contributed by atoms with Crippen LogP contribution in [0.4, 0.5) is 0 Å². The average molecular weight is 636 g/mol. The molecule has 3 aromatic heterocycles. The molecule has 45 heavy (non-hydrogen) atoms. The number of amides is 1. The molecule has 0 radical (unpaired) electrons. The Morgan fingerprint density at radius 3 is 2.33 bits per heavy atom. The number of nitrogens with zero attached hydrogens (tertiary/aromatic N) is 5. The van der Waals surface area contributed by atoms with Crippen LogP contribution in [0.15, 0.2) is 23.0 Å². The number of hydrogen-bond donors (Lipinski definition) is 0. The molecule has 0 unspecified atom stereocenters. The van der Waals surface area contributed by atoms with Crippen molar-refractivity contribution in [3.05, 3.63) is 44.6 Å². The molecular formula is C35H49N5O4S. The quantitative estimate of drug-likeness (QED) is 0.151. The predicted octanol–water partition coefficient (Wildman–Crippen LogP) is 6.76. The van der Waals surface area contributed by atoms with Gasteiger partial charge in [0.15, 0.2) is 0 Å². The molecule has 0 bridgehead atoms. The Morgan fingerprint density at radius 1 is 1.00 bits per heavy atom. The van der Waals surface area contributed by atoms with Gasteiger partial charge in [-0.1, -0.05) is 34.1 Å². The fraction of sp³-hybridized carbons (Fsp3) is 0.600. The molecule has 1 aromatic carbocycles. The van der Waals surface area contributed by atoms with Crippen LogP contribution < -0.4 is 5.56 Å². The number of aromatic nitrogens is 3. The van der Waals surface area contributed by atoms with Gasteiger partial charge >= 0.3 is 5.97 Å². The number of carbonyl (C=O) groups is 2. The van der Waals surface area contributed by atoms with E-state index in [9.17, 15) is 14.4 Å². The Hall–Kier alpha value is -3.24. The first-order valence-corrected chi connectivity index (χ1v) is 17.6. The van der Waals surface area contributed by atoms with Gasteiger partial charge in [0.25, 0.3) is 11.5 Å². The zero-order chi connectivity index (χ0) is 32.2. The van der Waals surface area contributed by atoms with Gasteiger partial charge in [-0.25, -0.2) is 14.2 Å². The molecular weight excluding hydrogens is 586 g/mol. The lowest BCUT2D eigenvalue weighted by molar-refractivity contribution is 0.0531. The van der Waals surface area contributed by atoms with E-state index in [2.05, 4.69) is 37.2 Å². The van der Waals surface area contributed by atoms with E-state index in [-0.39, 0.29) is 18.1 Å². The summed E-state index contributed by atoms with van der Waals surface area (Å²) in [6, 6.07) is 5.69. The molecule has 4 aromatic rings. The van der Waals surface area contributed by atoms with Crippen LogP contribution in [0.1, 0.15) is 98.7 Å². The van der Waals surface area contributed by atoms with Crippen molar-refractivity contribution in [1.29, 1.82) is 0 Å². The van der Waals surface area contributed by atoms with E-state index in [1.54, 1.807) is 18.2 Å². The number of hydrogen-bond acceptors (Lipinski definition) is 7. The molecule has 0 atom stereocenters. The number of fused-ring (bicyclic) bond motifs is 4. The minimum absolute atomic E-state index is 0.0273. The average Bonchev–Trinajstić information content (AvgIpc) is 3.51. The fourth-order valence-electron chi connectivity index (χ4n) is 6.31. The van der Waals surface area contributed by atoms with Crippen molar-refractivity contribution in [2.45, 2.75) is 86.6 Å². The third-order valence-electron chi connectivity index (χ3n) is 8.95. The van der Waals surface area contributed by atoms with Crippen molar-refractivity contribution >= 4 is 50.2 Å². The number of ether oxygens (including phenoxy) is 1. The normalized spacial score (nSPS) is 14.4. The third-order valence-corrected chi connectivity index (χ3v) is 10.1. The van der Waals surface area contributed by atoms with Crippen molar-refractivity contribution in [3.63, 3.8) is 0 Å². The van der Waals surface area contributed by atoms with E-state index >= 15 is 0 Å². The van der Waals surface area contributed by atoms with Gasteiger partial charge in [0.1, 0.15) is 9.71 Å². The van der Waals surface area contributed by atoms with Crippen molar-refractivity contribution < 1.29 is 14.3 Å². The second-order valence-corrected chi connectivity index (χ2v) is 14.3. The second kappa shape index (κ2) is 14.5. The summed E-state index contributed by atoms with van der Waals surface area (Å²) in [6.45, 7) is 17.9. The highest BCUT2D eigenvalue weighted by molar-refractivity contribution is 7.20. The molecule has 1 amide bonds. The Balaban J connectivity index is 1.61. The Morgan fingerprint density at radius 2 is 1.69 bits per heavy atom. The monoisotopic (exact) mass is 635 g/mol. The lowest BCUT2D eigenvalue weighted by atomic mass is 10.1. The number of imidazole rings is 1. The number of thiophene rings is 1. The summed E-state index contributed by atoms with van der Waals surface area (Å²) in [5, 5.41) is 0.446. The molecule has 0 saturated carbocycles. The molecule has 1 aliphatic heterocycles. The molecule has 1 saturated heterocycles. The Bertz CT molecular complexity index is 1720. The lowest BCUT2D eigenvalue weighted by Gasteiger charge is -2.26. The van der Waals surface area contributed by atoms with Crippen molar-refractivity contribution in [1.82, 2.24) is 23.8 Å². The number of carbonyl (C=O) groups excluding carboxylic acids is 2. The van der Waals surface area contributed by atoms with E-state index in [1.165, 1.54) is 30.6 Å². The number of piperidine rings is 1. The smallest absolute Gasteiger partial charge is 0.348 e. The zero-order valence-electron chi connectivity index (χ0n) is 27.9. The van der Waals surface area contributed by atoms with Gasteiger partial charge in [0, 0.05) is 25.2 Å². The fourth-order valence-corrected chi connectivity index (χ4v) is 7.37. The highest BCUT2D eigenvalue weighted by Gasteiger charge is 2.25. The number of rotatable bonds is 13. The number of aryl methyl sites for hydroxylation is 2. The van der Waals surface area contributed by atoms with E-state index in [0.717, 1.165) is 63.0 Å². The molecule has 0 aliphatic carbocycles. The molecule has 9 nitrogen and oxygen atoms in total. The van der Waals surface area contributed by atoms with Crippen molar-refractivity contribution in [2.75, 3.05) is 39.3 Å². The summed E-state index contributed by atoms with van der Waals surface area (Å²) in [7, 11) is 0. The van der Waals surface area contributed by atoms with Gasteiger partial charge in [-0.3, -0.25) is 9.59 Å². The summed E-state index contributed by atoms with van der Waals surface area (Å²) in [5.41, 5.74) is 2.58. The van der Waals surface area contributed by atoms with Crippen LogP contribution >= 0.6 is 11.3 Å². The molecule has 10 heteroatoms. The first-order chi connectivity index (χ1) is 21.6. The molecule has 1 fully saturated rings. The van der Waals surface area contributed by atoms with Crippen LogP contribution in [-0.2, 0) is 11.3 Å². The summed E-state index contributed by atoms with van der Waals surface area (Å²) < 4.78 is 9.03. The van der Waals surface area contributed by atoms with Crippen LogP contribution in [0.3, 0.4) is 0 Å². The summed E-state index contributed by atoms with van der Waals surface area (Å²) >= 11 is 1.21. The van der Waals surface area contributed by atoms with Gasteiger partial charge in [-0.05, 0) is 101 Å². The Kier molecular flexibility index (Phi) is 10.6. The lowest BCUT2D eigenvalue weighted by Crippen LogP contribution is -2.34. The molecule has 0 spiro atoms. The molecule has 244 valence electrons. The minimum atomic E-state index is -0.427. The molecule has 0 N–H and O–H groups in total. The van der Waals surface area contributed by atoms with Crippen LogP contribution in [0.2, 0.25) is 0 Å². The van der Waals surface area contributed by atoms with E-state index < -0.39 is 5.97 Å². The van der Waals surface area contributed by atoms with Gasteiger partial charge in [0.2, 0.25) is 5.78 Å². The number of likely N-dealkylation sites (tertiary alicyclic amines) is 1. The van der Waals surface area contributed by atoms with Crippen LogP contribution in [0.25, 0.3) is 27.0 Å².